The maximum atomic E-state index is 13.2. The molecule has 1 saturated heterocycles. The van der Waals surface area contributed by atoms with Crippen molar-refractivity contribution in [2.75, 3.05) is 19.6 Å². The van der Waals surface area contributed by atoms with Crippen molar-refractivity contribution in [3.05, 3.63) is 35.1 Å². The van der Waals surface area contributed by atoms with Crippen LogP contribution in [0, 0.1) is 12.7 Å². The van der Waals surface area contributed by atoms with E-state index in [4.69, 9.17) is 0 Å². The minimum Gasteiger partial charge on any atom is -0.314 e. The summed E-state index contributed by atoms with van der Waals surface area (Å²) in [7, 11) is 0. The molecule has 1 heterocycles. The third kappa shape index (κ3) is 3.66. The molecule has 1 N–H and O–H groups in total. The lowest BCUT2D eigenvalue weighted by Gasteiger charge is -2.34. The molecule has 17 heavy (non-hydrogen) atoms. The molecule has 1 aromatic rings. The Morgan fingerprint density at radius 1 is 1.47 bits per heavy atom. The molecule has 0 spiro atoms. The molecule has 1 fully saturated rings. The highest BCUT2D eigenvalue weighted by Gasteiger charge is 2.18. The molecule has 0 unspecified atom stereocenters. The van der Waals surface area contributed by atoms with Gasteiger partial charge in [-0.25, -0.2) is 4.39 Å². The van der Waals surface area contributed by atoms with Gasteiger partial charge in [0.1, 0.15) is 5.82 Å². The van der Waals surface area contributed by atoms with Crippen molar-refractivity contribution in [3.63, 3.8) is 0 Å². The van der Waals surface area contributed by atoms with Gasteiger partial charge in [0.05, 0.1) is 0 Å². The number of halogens is 2. The summed E-state index contributed by atoms with van der Waals surface area (Å²) in [5, 5.41) is 3.36. The van der Waals surface area contributed by atoms with E-state index in [0.717, 1.165) is 31.7 Å². The maximum absolute atomic E-state index is 13.2. The van der Waals surface area contributed by atoms with Crippen LogP contribution in [0.25, 0.3) is 0 Å². The van der Waals surface area contributed by atoms with Gasteiger partial charge < -0.3 is 5.32 Å². The van der Waals surface area contributed by atoms with Gasteiger partial charge in [0.25, 0.3) is 0 Å². The number of nitrogens with zero attached hydrogens (tertiary/aromatic N) is 1. The quantitative estimate of drug-likeness (QED) is 0.876. The lowest BCUT2D eigenvalue weighted by atomic mass is 10.1. The predicted molar refractivity (Wildman–Crippen MR) is 71.1 cm³/mol. The molecule has 2 rings (SSSR count). The average molecular weight is 259 g/mol. The van der Waals surface area contributed by atoms with Crippen LogP contribution >= 0.6 is 12.4 Å². The average Bonchev–Trinajstić information content (AvgIpc) is 2.27. The van der Waals surface area contributed by atoms with E-state index >= 15 is 0 Å². The highest BCUT2D eigenvalue weighted by molar-refractivity contribution is 5.85. The van der Waals surface area contributed by atoms with Crippen molar-refractivity contribution in [2.45, 2.75) is 26.4 Å². The van der Waals surface area contributed by atoms with Gasteiger partial charge in [-0.1, -0.05) is 6.07 Å². The van der Waals surface area contributed by atoms with Crippen LogP contribution in [0.3, 0.4) is 0 Å². The molecule has 1 aliphatic heterocycles. The van der Waals surface area contributed by atoms with Crippen LogP contribution in [0.5, 0.6) is 0 Å². The van der Waals surface area contributed by atoms with Gasteiger partial charge in [0.2, 0.25) is 0 Å². The van der Waals surface area contributed by atoms with Gasteiger partial charge in [-0.3, -0.25) is 4.90 Å². The van der Waals surface area contributed by atoms with Crippen LogP contribution in [0.1, 0.15) is 18.1 Å². The Hall–Kier alpha value is -0.640. The Labute approximate surface area is 109 Å². The molecule has 4 heteroatoms. The summed E-state index contributed by atoms with van der Waals surface area (Å²) in [6, 6.07) is 5.57. The summed E-state index contributed by atoms with van der Waals surface area (Å²) < 4.78 is 13.2. The molecule has 0 saturated carbocycles. The molecule has 1 aliphatic rings. The molecule has 0 aromatic heterocycles. The summed E-state index contributed by atoms with van der Waals surface area (Å²) >= 11 is 0. The first-order chi connectivity index (χ1) is 7.66. The highest BCUT2D eigenvalue weighted by atomic mass is 35.5. The molecule has 0 amide bonds. The number of hydrogen-bond acceptors (Lipinski definition) is 2. The Morgan fingerprint density at radius 3 is 2.94 bits per heavy atom. The number of benzene rings is 1. The van der Waals surface area contributed by atoms with Gasteiger partial charge in [0, 0.05) is 32.2 Å². The first kappa shape index (κ1) is 14.4. The third-order valence-corrected chi connectivity index (χ3v) is 3.32. The Morgan fingerprint density at radius 2 is 2.24 bits per heavy atom. The van der Waals surface area contributed by atoms with Crippen LogP contribution in [-0.2, 0) is 6.54 Å². The second-order valence-corrected chi connectivity index (χ2v) is 4.59. The number of nitrogens with one attached hydrogen (secondary N) is 1. The van der Waals surface area contributed by atoms with Crippen molar-refractivity contribution in [1.29, 1.82) is 0 Å². The van der Waals surface area contributed by atoms with Gasteiger partial charge in [-0.15, -0.1) is 12.4 Å². The van der Waals surface area contributed by atoms with E-state index in [-0.39, 0.29) is 18.2 Å². The monoisotopic (exact) mass is 258 g/mol. The first-order valence-corrected chi connectivity index (χ1v) is 5.86. The lowest BCUT2D eigenvalue weighted by molar-refractivity contribution is 0.165. The van der Waals surface area contributed by atoms with Gasteiger partial charge in [-0.05, 0) is 37.1 Å². The van der Waals surface area contributed by atoms with Crippen LogP contribution in [0.15, 0.2) is 18.2 Å². The minimum absolute atomic E-state index is 0. The molecule has 1 aromatic carbocycles. The second kappa shape index (κ2) is 6.34. The van der Waals surface area contributed by atoms with Crippen molar-refractivity contribution in [2.24, 2.45) is 0 Å². The summed E-state index contributed by atoms with van der Waals surface area (Å²) in [6.45, 7) is 8.19. The standard InChI is InChI=1S/C13H19FN2.ClH/c1-10-3-4-13(14)7-12(10)9-16-6-5-15-8-11(16)2;/h3-4,7,11,15H,5-6,8-9H2,1-2H3;1H/t11-;/m1./s1. The number of piperazine rings is 1. The van der Waals surface area contributed by atoms with Gasteiger partial charge in [-0.2, -0.15) is 0 Å². The second-order valence-electron chi connectivity index (χ2n) is 4.59. The molecule has 0 bridgehead atoms. The minimum atomic E-state index is -0.136. The van der Waals surface area contributed by atoms with Crippen molar-refractivity contribution in [3.8, 4) is 0 Å². The number of aryl methyl sites for hydroxylation is 1. The van der Waals surface area contributed by atoms with Gasteiger partial charge in [0.15, 0.2) is 0 Å². The topological polar surface area (TPSA) is 15.3 Å². The molecular formula is C13H20ClFN2. The van der Waals surface area contributed by atoms with E-state index in [2.05, 4.69) is 17.1 Å². The van der Waals surface area contributed by atoms with E-state index < -0.39 is 0 Å². The van der Waals surface area contributed by atoms with Crippen LogP contribution in [0.4, 0.5) is 4.39 Å². The number of rotatable bonds is 2. The molecule has 2 nitrogen and oxygen atoms in total. The van der Waals surface area contributed by atoms with E-state index in [0.29, 0.717) is 6.04 Å². The Kier molecular flexibility index (Phi) is 5.37. The van der Waals surface area contributed by atoms with E-state index in [1.807, 2.05) is 13.0 Å². The van der Waals surface area contributed by atoms with Crippen molar-refractivity contribution in [1.82, 2.24) is 10.2 Å². The smallest absolute Gasteiger partial charge is 0.123 e. The molecule has 0 radical (unpaired) electrons. The maximum Gasteiger partial charge on any atom is 0.123 e. The molecule has 96 valence electrons. The third-order valence-electron chi connectivity index (χ3n) is 3.32. The Bertz CT molecular complexity index is 370. The van der Waals surface area contributed by atoms with E-state index in [1.165, 1.54) is 11.6 Å². The van der Waals surface area contributed by atoms with Crippen molar-refractivity contribution >= 4 is 12.4 Å². The summed E-state index contributed by atoms with van der Waals surface area (Å²) in [5.74, 6) is -0.136. The molecule has 1 atom stereocenters. The predicted octanol–water partition coefficient (Wildman–Crippen LogP) is 2.35. The van der Waals surface area contributed by atoms with Crippen LogP contribution in [0.2, 0.25) is 0 Å². The zero-order valence-electron chi connectivity index (χ0n) is 10.4. The fourth-order valence-corrected chi connectivity index (χ4v) is 2.15. The largest absolute Gasteiger partial charge is 0.314 e. The first-order valence-electron chi connectivity index (χ1n) is 5.86. The molecule has 0 aliphatic carbocycles. The van der Waals surface area contributed by atoms with E-state index in [1.54, 1.807) is 6.07 Å². The highest BCUT2D eigenvalue weighted by Crippen LogP contribution is 2.15. The number of hydrogen-bond donors (Lipinski definition) is 1. The van der Waals surface area contributed by atoms with Crippen LogP contribution < -0.4 is 5.32 Å². The lowest BCUT2D eigenvalue weighted by Crippen LogP contribution is -2.49. The summed E-state index contributed by atoms with van der Waals surface area (Å²) in [6.07, 6.45) is 0. The Balaban J connectivity index is 0.00000144. The summed E-state index contributed by atoms with van der Waals surface area (Å²) in [4.78, 5) is 2.40. The fourth-order valence-electron chi connectivity index (χ4n) is 2.15. The summed E-state index contributed by atoms with van der Waals surface area (Å²) in [5.41, 5.74) is 2.28. The van der Waals surface area contributed by atoms with Gasteiger partial charge >= 0.3 is 0 Å². The van der Waals surface area contributed by atoms with Crippen LogP contribution in [-0.4, -0.2) is 30.6 Å². The van der Waals surface area contributed by atoms with E-state index in [9.17, 15) is 4.39 Å². The zero-order valence-corrected chi connectivity index (χ0v) is 11.2. The normalized spacial score (nSPS) is 21.0. The SMILES string of the molecule is Cc1ccc(F)cc1CN1CCNC[C@H]1C.Cl. The molecular weight excluding hydrogens is 239 g/mol. The fraction of sp³-hybridized carbons (Fsp3) is 0.538. The van der Waals surface area contributed by atoms with Crippen molar-refractivity contribution < 1.29 is 4.39 Å². The zero-order chi connectivity index (χ0) is 11.5.